The van der Waals surface area contributed by atoms with Crippen LogP contribution in [0.4, 0.5) is 13.2 Å². The summed E-state index contributed by atoms with van der Waals surface area (Å²) in [5, 5.41) is 0. The zero-order chi connectivity index (χ0) is 15.0. The molecule has 0 fully saturated rings. The standard InChI is InChI=1S/C9H7F3.3CH2O.Ru/c10-9(11,12)8-6-4-2-1-3-5-7-8;3*1-2;/h1-7H;3*1H2;/b2-1-,3-1?,4-2?,5-3-,6-4?,7-5?,8-6?,8-7?;;;;. The monoisotopic (exact) mass is 364 g/mol. The largest absolute Gasteiger partial charge is 0.416 e. The molecule has 0 aromatic carbocycles. The third-order valence-corrected chi connectivity index (χ3v) is 1.32. The molecule has 0 aromatic heterocycles. The summed E-state index contributed by atoms with van der Waals surface area (Å²) in [5.41, 5.74) is -0.636. The van der Waals surface area contributed by atoms with Gasteiger partial charge in [-0.2, -0.15) is 13.2 Å². The molecule has 0 amide bonds. The summed E-state index contributed by atoms with van der Waals surface area (Å²) in [6.07, 6.45) is 5.32. The van der Waals surface area contributed by atoms with Crippen LogP contribution >= 0.6 is 0 Å². The summed E-state index contributed by atoms with van der Waals surface area (Å²) < 4.78 is 36.2. The maximum Gasteiger partial charge on any atom is 0.416 e. The van der Waals surface area contributed by atoms with Crippen molar-refractivity contribution in [2.45, 2.75) is 6.18 Å². The fourth-order valence-electron chi connectivity index (χ4n) is 0.755. The molecule has 1 rings (SSSR count). The van der Waals surface area contributed by atoms with Gasteiger partial charge < -0.3 is 14.4 Å². The predicted octanol–water partition coefficient (Wildman–Crippen LogP) is 2.60. The quantitative estimate of drug-likeness (QED) is 0.622. The molecule has 0 saturated carbocycles. The van der Waals surface area contributed by atoms with E-state index in [1.807, 2.05) is 20.4 Å². The Morgan fingerprint density at radius 2 is 1.11 bits per heavy atom. The number of hydrogen-bond donors (Lipinski definition) is 0. The molecular weight excluding hydrogens is 350 g/mol. The number of alkyl halides is 3. The molecule has 0 N–H and O–H groups in total. The van der Waals surface area contributed by atoms with Crippen LogP contribution < -0.4 is 0 Å². The minimum atomic E-state index is -4.26. The zero-order valence-electron chi connectivity index (χ0n) is 9.87. The van der Waals surface area contributed by atoms with Gasteiger partial charge in [-0.1, -0.05) is 42.5 Å². The van der Waals surface area contributed by atoms with Gasteiger partial charge in [0.1, 0.15) is 20.4 Å². The van der Waals surface area contributed by atoms with Gasteiger partial charge in [0.15, 0.2) is 0 Å². The van der Waals surface area contributed by atoms with Gasteiger partial charge in [0.25, 0.3) is 0 Å². The first kappa shape index (κ1) is 26.1. The molecule has 0 heterocycles. The van der Waals surface area contributed by atoms with Crippen molar-refractivity contribution in [3.8, 4) is 0 Å². The number of rotatable bonds is 0. The molecule has 7 heteroatoms. The van der Waals surface area contributed by atoms with Crippen LogP contribution in [0, 0.1) is 0 Å². The van der Waals surface area contributed by atoms with E-state index in [1.54, 1.807) is 18.2 Å². The van der Waals surface area contributed by atoms with E-state index in [0.29, 0.717) is 0 Å². The molecule has 3 nitrogen and oxygen atoms in total. The summed E-state index contributed by atoms with van der Waals surface area (Å²) >= 11 is 0. The van der Waals surface area contributed by atoms with Gasteiger partial charge in [-0.05, 0) is 0 Å². The number of carbonyl (C=O) groups is 3. The maximum atomic E-state index is 12.1. The minimum Gasteiger partial charge on any atom is -0.307 e. The number of allylic oxidation sites excluding steroid dienone is 8. The van der Waals surface area contributed by atoms with E-state index in [-0.39, 0.29) is 19.5 Å². The first-order chi connectivity index (χ1) is 8.61. The summed E-state index contributed by atoms with van der Waals surface area (Å²) in [5.74, 6) is 0. The Morgan fingerprint density at radius 3 is 1.53 bits per heavy atom. The number of hydrogen-bond acceptors (Lipinski definition) is 3. The van der Waals surface area contributed by atoms with Crippen molar-refractivity contribution in [2.24, 2.45) is 0 Å². The number of halogens is 3. The minimum absolute atomic E-state index is 0. The van der Waals surface area contributed by atoms with Crippen molar-refractivity contribution in [2.75, 3.05) is 0 Å². The van der Waals surface area contributed by atoms with Gasteiger partial charge in [-0.25, -0.2) is 0 Å². The molecule has 1 aliphatic carbocycles. The molecule has 0 aliphatic heterocycles. The predicted molar refractivity (Wildman–Crippen MR) is 62.9 cm³/mol. The van der Waals surface area contributed by atoms with Crippen molar-refractivity contribution in [3.05, 3.63) is 48.1 Å². The van der Waals surface area contributed by atoms with Gasteiger partial charge >= 0.3 is 6.18 Å². The van der Waals surface area contributed by atoms with Crippen molar-refractivity contribution >= 4 is 20.4 Å². The van der Waals surface area contributed by atoms with E-state index < -0.39 is 11.7 Å². The van der Waals surface area contributed by atoms with Gasteiger partial charge in [-0.3, -0.25) is 0 Å². The molecule has 1 aliphatic rings. The normalized spacial score (nSPS) is 14.8. The second-order valence-electron chi connectivity index (χ2n) is 2.25. The van der Waals surface area contributed by atoms with E-state index in [9.17, 15) is 13.2 Å². The Bertz CT molecular complexity index is 316. The molecule has 0 bridgehead atoms. The molecule has 19 heavy (non-hydrogen) atoms. The van der Waals surface area contributed by atoms with E-state index >= 15 is 0 Å². The zero-order valence-corrected chi connectivity index (χ0v) is 11.6. The Kier molecular flexibility index (Phi) is 25.7. The molecule has 0 saturated heterocycles. The maximum absolute atomic E-state index is 12.1. The fraction of sp³-hybridized carbons (Fsp3) is 0.0833. The van der Waals surface area contributed by atoms with E-state index in [4.69, 9.17) is 14.4 Å². The molecule has 0 unspecified atom stereocenters. The van der Waals surface area contributed by atoms with Crippen LogP contribution in [0.1, 0.15) is 0 Å². The van der Waals surface area contributed by atoms with Crippen LogP contribution in [0.2, 0.25) is 0 Å². The third kappa shape index (κ3) is 16.4. The van der Waals surface area contributed by atoms with Crippen molar-refractivity contribution in [3.63, 3.8) is 0 Å². The molecule has 0 atom stereocenters. The SMILES string of the molecule is C=O.C=O.C=O.FC(F)(F)C1=C/C=C\C=C/C=C1.[Ru]. The van der Waals surface area contributed by atoms with Crippen molar-refractivity contribution in [1.82, 2.24) is 0 Å². The molecule has 0 spiro atoms. The molecule has 0 radical (unpaired) electrons. The molecule has 0 aromatic rings. The summed E-state index contributed by atoms with van der Waals surface area (Å²) in [6.45, 7) is 6.00. The van der Waals surface area contributed by atoms with Crippen LogP contribution in [-0.2, 0) is 33.9 Å². The second-order valence-corrected chi connectivity index (χ2v) is 2.25. The second kappa shape index (κ2) is 18.7. The van der Waals surface area contributed by atoms with Crippen LogP contribution in [0.15, 0.2) is 48.1 Å². The van der Waals surface area contributed by atoms with Crippen molar-refractivity contribution < 1.29 is 47.0 Å². The number of carbonyl (C=O) groups excluding carboxylic acids is 3. The first-order valence-corrected chi connectivity index (χ1v) is 4.26. The van der Waals surface area contributed by atoms with Gasteiger partial charge in [0.2, 0.25) is 0 Å². The van der Waals surface area contributed by atoms with Gasteiger partial charge in [-0.15, -0.1) is 0 Å². The molecular formula is C12H13F3O3Ru. The van der Waals surface area contributed by atoms with E-state index in [2.05, 4.69) is 0 Å². The fourth-order valence-corrected chi connectivity index (χ4v) is 0.755. The smallest absolute Gasteiger partial charge is 0.307 e. The Balaban J connectivity index is -0.000000142. The van der Waals surface area contributed by atoms with Crippen LogP contribution in [0.25, 0.3) is 0 Å². The Hall–Kier alpha value is -1.62. The van der Waals surface area contributed by atoms with Crippen molar-refractivity contribution in [1.29, 1.82) is 0 Å². The average molecular weight is 363 g/mol. The van der Waals surface area contributed by atoms with Gasteiger partial charge in [0, 0.05) is 19.5 Å². The van der Waals surface area contributed by atoms with E-state index in [1.165, 1.54) is 12.2 Å². The summed E-state index contributed by atoms with van der Waals surface area (Å²) in [7, 11) is 0. The van der Waals surface area contributed by atoms with Gasteiger partial charge in [0.05, 0.1) is 5.57 Å². The average Bonchev–Trinajstić information content (AvgIpc) is 2.34. The van der Waals surface area contributed by atoms with Crippen LogP contribution in [0.5, 0.6) is 0 Å². The first-order valence-electron chi connectivity index (χ1n) is 4.26. The molecule has 108 valence electrons. The van der Waals surface area contributed by atoms with Crippen LogP contribution in [-0.4, -0.2) is 26.5 Å². The van der Waals surface area contributed by atoms with Crippen LogP contribution in [0.3, 0.4) is 0 Å². The summed E-state index contributed by atoms with van der Waals surface area (Å²) in [6, 6.07) is 0. The Labute approximate surface area is 122 Å². The Morgan fingerprint density at radius 1 is 0.737 bits per heavy atom. The van der Waals surface area contributed by atoms with E-state index in [0.717, 1.165) is 12.2 Å². The third-order valence-electron chi connectivity index (χ3n) is 1.32. The summed E-state index contributed by atoms with van der Waals surface area (Å²) in [4.78, 5) is 24.0. The topological polar surface area (TPSA) is 51.2 Å².